The van der Waals surface area contributed by atoms with Gasteiger partial charge in [-0.1, -0.05) is 46.8 Å². The first kappa shape index (κ1) is 30.1. The van der Waals surface area contributed by atoms with E-state index in [-0.39, 0.29) is 36.4 Å². The Morgan fingerprint density at radius 2 is 1.69 bits per heavy atom. The minimum atomic E-state index is -0.956. The maximum atomic E-state index is 13.6. The summed E-state index contributed by atoms with van der Waals surface area (Å²) in [6.45, 7) is 11.7. The summed E-state index contributed by atoms with van der Waals surface area (Å²) >= 11 is 0. The first-order valence-corrected chi connectivity index (χ1v) is 14.0. The number of carboxylic acid groups (broad SMARTS) is 1. The molecule has 1 aliphatic carbocycles. The lowest BCUT2D eigenvalue weighted by Gasteiger charge is -2.41. The van der Waals surface area contributed by atoms with Crippen LogP contribution < -0.4 is 10.6 Å². The van der Waals surface area contributed by atoms with Gasteiger partial charge in [-0.15, -0.1) is 0 Å². The third-order valence-electron chi connectivity index (χ3n) is 7.51. The Labute approximate surface area is 232 Å². The van der Waals surface area contributed by atoms with E-state index in [1.807, 2.05) is 29.2 Å². The average molecular weight is 537 g/mol. The van der Waals surface area contributed by atoms with Gasteiger partial charge >= 0.3 is 12.0 Å². The number of carbonyl (C=O) groups excluding carboxylic acids is 2. The number of aliphatic carboxylic acids is 1. The summed E-state index contributed by atoms with van der Waals surface area (Å²) < 4.78 is 0. The van der Waals surface area contributed by atoms with Crippen molar-refractivity contribution in [2.75, 3.05) is 11.9 Å². The topological polar surface area (TPSA) is 112 Å². The summed E-state index contributed by atoms with van der Waals surface area (Å²) in [5.74, 6) is -0.122. The number of aromatic nitrogens is 1. The van der Waals surface area contributed by atoms with E-state index >= 15 is 0 Å². The molecule has 0 atom stereocenters. The van der Waals surface area contributed by atoms with Crippen LogP contribution in [0.1, 0.15) is 88.3 Å². The van der Waals surface area contributed by atoms with E-state index in [2.05, 4.69) is 50.2 Å². The molecular weight excluding hydrogens is 492 g/mol. The van der Waals surface area contributed by atoms with Crippen LogP contribution in [0.4, 0.5) is 10.5 Å². The Hall–Kier alpha value is -3.42. The molecule has 3 rings (SSSR count). The summed E-state index contributed by atoms with van der Waals surface area (Å²) in [5, 5.41) is 14.4. The van der Waals surface area contributed by atoms with E-state index < -0.39 is 5.97 Å². The van der Waals surface area contributed by atoms with Gasteiger partial charge in [0.25, 0.3) is 5.91 Å². The summed E-state index contributed by atoms with van der Waals surface area (Å²) in [6, 6.07) is 11.0. The van der Waals surface area contributed by atoms with Gasteiger partial charge in [0.1, 0.15) is 0 Å². The van der Waals surface area contributed by atoms with Crippen molar-refractivity contribution in [3.8, 4) is 0 Å². The highest BCUT2D eigenvalue weighted by molar-refractivity contribution is 5.94. The van der Waals surface area contributed by atoms with Crippen LogP contribution in [-0.2, 0) is 17.8 Å². The zero-order chi connectivity index (χ0) is 28.6. The number of pyridine rings is 1. The second kappa shape index (κ2) is 13.6. The van der Waals surface area contributed by atoms with Crippen molar-refractivity contribution in [3.05, 3.63) is 59.4 Å². The Morgan fingerprint density at radius 1 is 1.03 bits per heavy atom. The van der Waals surface area contributed by atoms with Crippen molar-refractivity contribution in [1.82, 2.24) is 15.2 Å². The lowest BCUT2D eigenvalue weighted by Crippen LogP contribution is -2.45. The lowest BCUT2D eigenvalue weighted by atomic mass is 9.71. The van der Waals surface area contributed by atoms with Crippen LogP contribution in [0.5, 0.6) is 0 Å². The molecule has 212 valence electrons. The minimum Gasteiger partial charge on any atom is -0.481 e. The number of rotatable bonds is 10. The van der Waals surface area contributed by atoms with Crippen molar-refractivity contribution < 1.29 is 19.5 Å². The van der Waals surface area contributed by atoms with E-state index in [0.717, 1.165) is 43.4 Å². The van der Waals surface area contributed by atoms with Crippen LogP contribution in [0.2, 0.25) is 0 Å². The van der Waals surface area contributed by atoms with E-state index in [4.69, 9.17) is 5.11 Å². The molecule has 0 bridgehead atoms. The predicted molar refractivity (Wildman–Crippen MR) is 154 cm³/mol. The number of nitrogens with one attached hydrogen (secondary N) is 2. The van der Waals surface area contributed by atoms with Crippen LogP contribution >= 0.6 is 0 Å². The zero-order valence-electron chi connectivity index (χ0n) is 24.0. The number of carbonyl (C=O) groups is 3. The van der Waals surface area contributed by atoms with Gasteiger partial charge in [0.2, 0.25) is 0 Å². The van der Waals surface area contributed by atoms with Crippen molar-refractivity contribution in [2.24, 2.45) is 17.3 Å². The summed E-state index contributed by atoms with van der Waals surface area (Å²) in [5.41, 5.74) is 3.32. The maximum Gasteiger partial charge on any atom is 0.322 e. The van der Waals surface area contributed by atoms with Crippen molar-refractivity contribution in [3.63, 3.8) is 0 Å². The Kier molecular flexibility index (Phi) is 10.5. The third-order valence-corrected chi connectivity index (χ3v) is 7.51. The van der Waals surface area contributed by atoms with Crippen LogP contribution in [0.25, 0.3) is 0 Å². The Balaban J connectivity index is 1.71. The van der Waals surface area contributed by atoms with Crippen LogP contribution in [0, 0.1) is 17.3 Å². The molecule has 1 aromatic carbocycles. The summed E-state index contributed by atoms with van der Waals surface area (Å²) in [4.78, 5) is 43.0. The molecule has 1 fully saturated rings. The van der Waals surface area contributed by atoms with Crippen molar-refractivity contribution in [1.29, 1.82) is 0 Å². The van der Waals surface area contributed by atoms with Gasteiger partial charge in [-0.05, 0) is 79.2 Å². The zero-order valence-corrected chi connectivity index (χ0v) is 24.0. The number of nitrogens with zero attached hydrogens (tertiary/aromatic N) is 2. The Bertz CT molecular complexity index is 1100. The first-order valence-electron chi connectivity index (χ1n) is 14.0. The fraction of sp³-hybridized carbons (Fsp3) is 0.548. The molecule has 1 saturated carbocycles. The summed E-state index contributed by atoms with van der Waals surface area (Å²) in [6.07, 6.45) is 6.56. The van der Waals surface area contributed by atoms with Crippen molar-refractivity contribution >= 4 is 23.6 Å². The molecule has 1 heterocycles. The first-order chi connectivity index (χ1) is 18.4. The van der Waals surface area contributed by atoms with Crippen LogP contribution in [-0.4, -0.2) is 45.5 Å². The maximum absolute atomic E-state index is 13.6. The molecule has 3 N–H and O–H groups in total. The van der Waals surface area contributed by atoms with Gasteiger partial charge in [-0.2, -0.15) is 0 Å². The van der Waals surface area contributed by atoms with Gasteiger partial charge < -0.3 is 20.6 Å². The number of carboxylic acids is 1. The fourth-order valence-electron chi connectivity index (χ4n) is 5.20. The largest absolute Gasteiger partial charge is 0.481 e. The molecule has 0 spiro atoms. The molecule has 1 aromatic heterocycles. The van der Waals surface area contributed by atoms with E-state index in [9.17, 15) is 14.4 Å². The van der Waals surface area contributed by atoms with Gasteiger partial charge in [0.15, 0.2) is 0 Å². The van der Waals surface area contributed by atoms with Gasteiger partial charge in [0.05, 0.1) is 18.3 Å². The smallest absolute Gasteiger partial charge is 0.322 e. The second-order valence-electron chi connectivity index (χ2n) is 12.2. The van der Waals surface area contributed by atoms with Gasteiger partial charge in [-0.3, -0.25) is 14.6 Å². The van der Waals surface area contributed by atoms with Crippen LogP contribution in [0.15, 0.2) is 42.6 Å². The van der Waals surface area contributed by atoms with Crippen molar-refractivity contribution in [2.45, 2.75) is 85.7 Å². The number of anilines is 1. The minimum absolute atomic E-state index is 0.0778. The highest BCUT2D eigenvalue weighted by Gasteiger charge is 2.33. The van der Waals surface area contributed by atoms with Gasteiger partial charge in [-0.25, -0.2) is 4.79 Å². The number of hydrogen-bond donors (Lipinski definition) is 3. The highest BCUT2D eigenvalue weighted by Crippen LogP contribution is 2.39. The number of amides is 3. The average Bonchev–Trinajstić information content (AvgIpc) is 2.87. The number of benzene rings is 1. The van der Waals surface area contributed by atoms with Crippen LogP contribution in [0.3, 0.4) is 0 Å². The Morgan fingerprint density at radius 3 is 2.23 bits per heavy atom. The summed E-state index contributed by atoms with van der Waals surface area (Å²) in [7, 11) is 0. The quantitative estimate of drug-likeness (QED) is 0.339. The van der Waals surface area contributed by atoms with E-state index in [1.54, 1.807) is 18.3 Å². The molecule has 0 saturated heterocycles. The molecule has 0 unspecified atom stereocenters. The molecule has 2 aromatic rings. The molecule has 0 radical (unpaired) electrons. The molecule has 1 aliphatic rings. The number of hydrogen-bond acceptors (Lipinski definition) is 4. The molecule has 8 nitrogen and oxygen atoms in total. The molecule has 8 heteroatoms. The number of urea groups is 1. The molecular formula is C31H44N4O4. The predicted octanol–water partition coefficient (Wildman–Crippen LogP) is 6.12. The third kappa shape index (κ3) is 9.37. The monoisotopic (exact) mass is 536 g/mol. The second-order valence-corrected chi connectivity index (χ2v) is 12.2. The molecule has 3 amide bonds. The lowest BCUT2D eigenvalue weighted by molar-refractivity contribution is -0.136. The standard InChI is InChI=1S/C31H44N4O4/c1-21(2)18-25-12-13-26(19-33-25)34-30(39)35(27-14-10-24(11-15-27)31(3,4)5)20-22-6-8-23(9-7-22)29(38)32-17-16-28(36)37/h6-9,12-13,19,21,24,27H,10-11,14-18,20H2,1-5H3,(H,32,38)(H,34,39)(H,36,37). The van der Waals surface area contributed by atoms with E-state index in [1.165, 1.54) is 0 Å². The normalized spacial score (nSPS) is 17.5. The SMILES string of the molecule is CC(C)Cc1ccc(NC(=O)N(Cc2ccc(C(=O)NCCC(=O)O)cc2)C2CCC(C(C)(C)C)CC2)cn1. The molecule has 0 aliphatic heterocycles. The van der Waals surface area contributed by atoms with E-state index in [0.29, 0.717) is 29.6 Å². The highest BCUT2D eigenvalue weighted by atomic mass is 16.4. The fourth-order valence-corrected chi connectivity index (χ4v) is 5.20. The molecule has 39 heavy (non-hydrogen) atoms. The van der Waals surface area contributed by atoms with Gasteiger partial charge in [0, 0.05) is 30.4 Å².